The summed E-state index contributed by atoms with van der Waals surface area (Å²) in [5.74, 6) is 0. The molecule has 0 saturated carbocycles. The van der Waals surface area contributed by atoms with Crippen LogP contribution in [-0.4, -0.2) is 23.9 Å². The molecule has 0 fully saturated rings. The summed E-state index contributed by atoms with van der Waals surface area (Å²) in [4.78, 5) is 0. The molecular weight excluding hydrogens is 123 g/mol. The molecule has 0 radical (unpaired) electrons. The maximum Gasteiger partial charge on any atom is 0.258 e. The molecule has 50 valence electrons. The Morgan fingerprint density at radius 3 is 1.62 bits per heavy atom. The van der Waals surface area contributed by atoms with Gasteiger partial charge in [-0.2, -0.15) is 0 Å². The number of nitrogens with two attached hydrogens (primary N) is 1. The molecule has 0 aliphatic rings. The molecule has 0 heterocycles. The van der Waals surface area contributed by atoms with E-state index in [0.29, 0.717) is 0 Å². The lowest BCUT2D eigenvalue weighted by atomic mass is 10.3. The summed E-state index contributed by atoms with van der Waals surface area (Å²) in [6.07, 6.45) is -5.63. The highest BCUT2D eigenvalue weighted by Crippen LogP contribution is 2.02. The number of aliphatic hydroxyl groups excluding tert-OH is 1. The maximum atomic E-state index is 11.3. The third-order valence-electron chi connectivity index (χ3n) is 0.609. The highest BCUT2D eigenvalue weighted by Gasteiger charge is 2.22. The molecule has 5 heteroatoms. The summed E-state index contributed by atoms with van der Waals surface area (Å²) in [6.45, 7) is 0. The summed E-state index contributed by atoms with van der Waals surface area (Å²) >= 11 is 0. The van der Waals surface area contributed by atoms with E-state index in [2.05, 4.69) is 5.73 Å². The standard InChI is InChI=1S/C3H6F3NO/c4-2(5)1(7)3(6)8/h1-3,8H,7H2. The Hall–Kier alpha value is -0.290. The van der Waals surface area contributed by atoms with Gasteiger partial charge in [0.1, 0.15) is 6.04 Å². The monoisotopic (exact) mass is 129 g/mol. The van der Waals surface area contributed by atoms with Crippen LogP contribution in [0.4, 0.5) is 13.2 Å². The second kappa shape index (κ2) is 2.88. The highest BCUT2D eigenvalue weighted by atomic mass is 19.3. The minimum Gasteiger partial charge on any atom is -0.363 e. The lowest BCUT2D eigenvalue weighted by Crippen LogP contribution is -2.38. The number of aliphatic hydroxyl groups is 1. The smallest absolute Gasteiger partial charge is 0.258 e. The second-order valence-corrected chi connectivity index (χ2v) is 1.28. The third kappa shape index (κ3) is 2.13. The average Bonchev–Trinajstić information content (AvgIpc) is 1.64. The minimum absolute atomic E-state index is 2.07. The van der Waals surface area contributed by atoms with Crippen LogP contribution < -0.4 is 5.73 Å². The van der Waals surface area contributed by atoms with Crippen molar-refractivity contribution >= 4 is 0 Å². The lowest BCUT2D eigenvalue weighted by molar-refractivity contribution is -0.0366. The van der Waals surface area contributed by atoms with Crippen molar-refractivity contribution in [2.75, 3.05) is 0 Å². The number of hydrogen-bond acceptors (Lipinski definition) is 2. The minimum atomic E-state index is -3.00. The largest absolute Gasteiger partial charge is 0.363 e. The first-order chi connectivity index (χ1) is 3.55. The van der Waals surface area contributed by atoms with E-state index in [4.69, 9.17) is 5.11 Å². The van der Waals surface area contributed by atoms with Gasteiger partial charge in [0.15, 0.2) is 0 Å². The first-order valence-corrected chi connectivity index (χ1v) is 1.91. The van der Waals surface area contributed by atoms with Gasteiger partial charge in [0.05, 0.1) is 0 Å². The van der Waals surface area contributed by atoms with Gasteiger partial charge in [0, 0.05) is 0 Å². The summed E-state index contributed by atoms with van der Waals surface area (Å²) in [5.41, 5.74) is 4.38. The predicted octanol–water partition coefficient (Wildman–Crippen LogP) is -0.133. The van der Waals surface area contributed by atoms with Crippen molar-refractivity contribution in [3.63, 3.8) is 0 Å². The molecule has 0 spiro atoms. The molecule has 8 heavy (non-hydrogen) atoms. The quantitative estimate of drug-likeness (QED) is 0.545. The Morgan fingerprint density at radius 2 is 1.62 bits per heavy atom. The molecular formula is C3H6F3NO. The lowest BCUT2D eigenvalue weighted by Gasteiger charge is -2.08. The van der Waals surface area contributed by atoms with E-state index in [1.165, 1.54) is 0 Å². The Balaban J connectivity index is 3.46. The molecule has 0 bridgehead atoms. The van der Waals surface area contributed by atoms with Crippen LogP contribution in [-0.2, 0) is 0 Å². The van der Waals surface area contributed by atoms with Gasteiger partial charge in [-0.1, -0.05) is 0 Å². The molecule has 0 aromatic rings. The fraction of sp³-hybridized carbons (Fsp3) is 1.00. The van der Waals surface area contributed by atoms with Gasteiger partial charge < -0.3 is 10.8 Å². The van der Waals surface area contributed by atoms with Gasteiger partial charge in [0.2, 0.25) is 6.36 Å². The zero-order valence-corrected chi connectivity index (χ0v) is 3.89. The zero-order chi connectivity index (χ0) is 6.73. The zero-order valence-electron chi connectivity index (χ0n) is 3.89. The highest BCUT2D eigenvalue weighted by molar-refractivity contribution is 4.64. The molecule has 2 atom stereocenters. The van der Waals surface area contributed by atoms with Gasteiger partial charge >= 0.3 is 0 Å². The van der Waals surface area contributed by atoms with Crippen LogP contribution in [0.15, 0.2) is 0 Å². The average molecular weight is 129 g/mol. The van der Waals surface area contributed by atoms with E-state index in [9.17, 15) is 13.2 Å². The van der Waals surface area contributed by atoms with Crippen molar-refractivity contribution < 1.29 is 18.3 Å². The van der Waals surface area contributed by atoms with Crippen LogP contribution in [0.5, 0.6) is 0 Å². The number of rotatable bonds is 2. The van der Waals surface area contributed by atoms with Gasteiger partial charge in [-0.15, -0.1) is 0 Å². The van der Waals surface area contributed by atoms with Crippen molar-refractivity contribution in [2.24, 2.45) is 5.73 Å². The number of alkyl halides is 3. The van der Waals surface area contributed by atoms with Crippen LogP contribution in [0.2, 0.25) is 0 Å². The van der Waals surface area contributed by atoms with Crippen LogP contribution in [0, 0.1) is 0 Å². The Kier molecular flexibility index (Phi) is 2.78. The molecule has 3 N–H and O–H groups in total. The third-order valence-corrected chi connectivity index (χ3v) is 0.609. The van der Waals surface area contributed by atoms with Gasteiger partial charge in [-0.05, 0) is 0 Å². The number of hydrogen-bond donors (Lipinski definition) is 2. The van der Waals surface area contributed by atoms with Crippen molar-refractivity contribution in [3.05, 3.63) is 0 Å². The summed E-state index contributed by atoms with van der Waals surface area (Å²) < 4.78 is 33.6. The van der Waals surface area contributed by atoms with Crippen molar-refractivity contribution in [2.45, 2.75) is 18.8 Å². The second-order valence-electron chi connectivity index (χ2n) is 1.28. The summed E-state index contributed by atoms with van der Waals surface area (Å²) in [7, 11) is 0. The van der Waals surface area contributed by atoms with E-state index in [1.807, 2.05) is 0 Å². The van der Waals surface area contributed by atoms with Gasteiger partial charge in [-0.3, -0.25) is 0 Å². The van der Waals surface area contributed by atoms with Gasteiger partial charge in [-0.25, -0.2) is 13.2 Å². The fourth-order valence-electron chi connectivity index (χ4n) is 0.120. The van der Waals surface area contributed by atoms with E-state index in [-0.39, 0.29) is 0 Å². The Morgan fingerprint density at radius 1 is 1.25 bits per heavy atom. The first-order valence-electron chi connectivity index (χ1n) is 1.91. The molecule has 0 rings (SSSR count). The molecule has 0 aromatic carbocycles. The molecule has 0 aliphatic heterocycles. The molecule has 0 saturated heterocycles. The first kappa shape index (κ1) is 7.71. The van der Waals surface area contributed by atoms with Crippen molar-refractivity contribution in [1.29, 1.82) is 0 Å². The van der Waals surface area contributed by atoms with Crippen molar-refractivity contribution in [1.82, 2.24) is 0 Å². The SMILES string of the molecule is NC(C(O)F)C(F)F. The summed E-state index contributed by atoms with van der Waals surface area (Å²) in [5, 5.41) is 7.72. The van der Waals surface area contributed by atoms with Crippen LogP contribution in [0.3, 0.4) is 0 Å². The van der Waals surface area contributed by atoms with Crippen LogP contribution in [0.1, 0.15) is 0 Å². The van der Waals surface area contributed by atoms with E-state index in [0.717, 1.165) is 0 Å². The molecule has 2 nitrogen and oxygen atoms in total. The normalized spacial score (nSPS) is 18.8. The summed E-state index contributed by atoms with van der Waals surface area (Å²) in [6, 6.07) is -2.07. The topological polar surface area (TPSA) is 46.2 Å². The molecule has 0 aromatic heterocycles. The number of halogens is 3. The molecule has 0 amide bonds. The molecule has 0 aliphatic carbocycles. The van der Waals surface area contributed by atoms with E-state index < -0.39 is 18.8 Å². The predicted molar refractivity (Wildman–Crippen MR) is 21.1 cm³/mol. The molecule has 2 unspecified atom stereocenters. The van der Waals surface area contributed by atoms with E-state index in [1.54, 1.807) is 0 Å². The van der Waals surface area contributed by atoms with Crippen LogP contribution >= 0.6 is 0 Å². The fourth-order valence-corrected chi connectivity index (χ4v) is 0.120. The maximum absolute atomic E-state index is 11.3. The van der Waals surface area contributed by atoms with Gasteiger partial charge in [0.25, 0.3) is 6.43 Å². The Bertz CT molecular complexity index is 59.5. The van der Waals surface area contributed by atoms with E-state index >= 15 is 0 Å². The Labute approximate surface area is 44.1 Å². The van der Waals surface area contributed by atoms with Crippen LogP contribution in [0.25, 0.3) is 0 Å². The van der Waals surface area contributed by atoms with Crippen molar-refractivity contribution in [3.8, 4) is 0 Å².